The van der Waals surface area contributed by atoms with E-state index in [-0.39, 0.29) is 0 Å². The van der Waals surface area contributed by atoms with Crippen LogP contribution in [-0.2, 0) is 0 Å². The molecule has 19 heavy (non-hydrogen) atoms. The number of hydrogen-bond donors (Lipinski definition) is 0. The highest BCUT2D eigenvalue weighted by Gasteiger charge is 2.64. The third kappa shape index (κ3) is 1.71. The van der Waals surface area contributed by atoms with Gasteiger partial charge in [0.25, 0.3) is 0 Å². The minimum atomic E-state index is 1.02. The SMILES string of the molecule is C1=CC2CC1C1C3CC(C4CCCC43)C21.CC.CC. The minimum absolute atomic E-state index is 1.02. The second-order valence-electron chi connectivity index (χ2n) is 6.93. The molecule has 108 valence electrons. The number of rotatable bonds is 0. The third-order valence-corrected chi connectivity index (χ3v) is 6.84. The van der Waals surface area contributed by atoms with Crippen molar-refractivity contribution in [3.63, 3.8) is 0 Å². The van der Waals surface area contributed by atoms with Crippen molar-refractivity contribution in [2.45, 2.75) is 59.8 Å². The lowest BCUT2D eigenvalue weighted by molar-refractivity contribution is 0.108. The van der Waals surface area contributed by atoms with Crippen molar-refractivity contribution in [2.75, 3.05) is 0 Å². The van der Waals surface area contributed by atoms with E-state index >= 15 is 0 Å². The van der Waals surface area contributed by atoms with E-state index in [1.807, 2.05) is 27.7 Å². The first kappa shape index (κ1) is 13.7. The van der Waals surface area contributed by atoms with E-state index in [1.165, 1.54) is 23.7 Å². The van der Waals surface area contributed by atoms with E-state index in [1.54, 1.807) is 32.1 Å². The zero-order valence-electron chi connectivity index (χ0n) is 13.3. The van der Waals surface area contributed by atoms with Crippen molar-refractivity contribution in [1.29, 1.82) is 0 Å². The van der Waals surface area contributed by atoms with Crippen molar-refractivity contribution in [2.24, 2.45) is 47.3 Å². The van der Waals surface area contributed by atoms with Crippen LogP contribution in [0.15, 0.2) is 12.2 Å². The monoisotopic (exact) mass is 260 g/mol. The van der Waals surface area contributed by atoms with Gasteiger partial charge in [-0.1, -0.05) is 46.3 Å². The molecule has 0 aromatic rings. The summed E-state index contributed by atoms with van der Waals surface area (Å²) in [6, 6.07) is 0. The molecule has 0 heteroatoms. The molecule has 0 saturated heterocycles. The normalized spacial score (nSPS) is 54.1. The van der Waals surface area contributed by atoms with Crippen molar-refractivity contribution in [3.8, 4) is 0 Å². The minimum Gasteiger partial charge on any atom is -0.0848 e. The Labute approximate surface area is 120 Å². The Morgan fingerprint density at radius 3 is 1.58 bits per heavy atom. The molecule has 5 aliphatic rings. The summed E-state index contributed by atoms with van der Waals surface area (Å²) in [5, 5.41) is 0. The fourth-order valence-corrected chi connectivity index (χ4v) is 6.73. The van der Waals surface area contributed by atoms with E-state index in [0.29, 0.717) is 0 Å². The Hall–Kier alpha value is -0.260. The molecule has 0 aliphatic heterocycles. The maximum absolute atomic E-state index is 2.58. The maximum atomic E-state index is 2.58. The Bertz CT molecular complexity index is 312. The molecule has 5 aliphatic carbocycles. The van der Waals surface area contributed by atoms with Crippen molar-refractivity contribution < 1.29 is 0 Å². The van der Waals surface area contributed by atoms with Gasteiger partial charge in [-0.2, -0.15) is 0 Å². The summed E-state index contributed by atoms with van der Waals surface area (Å²) in [4.78, 5) is 0. The van der Waals surface area contributed by atoms with Gasteiger partial charge >= 0.3 is 0 Å². The van der Waals surface area contributed by atoms with Gasteiger partial charge in [0.15, 0.2) is 0 Å². The van der Waals surface area contributed by atoms with Gasteiger partial charge < -0.3 is 0 Å². The first-order chi connectivity index (χ1) is 9.43. The summed E-state index contributed by atoms with van der Waals surface area (Å²) in [7, 11) is 0. The predicted octanol–water partition coefficient (Wildman–Crippen LogP) is 5.54. The quantitative estimate of drug-likeness (QED) is 0.396. The van der Waals surface area contributed by atoms with Crippen LogP contribution >= 0.6 is 0 Å². The second kappa shape index (κ2) is 5.26. The summed E-state index contributed by atoms with van der Waals surface area (Å²) in [5.41, 5.74) is 0. The van der Waals surface area contributed by atoms with Crippen molar-refractivity contribution in [3.05, 3.63) is 12.2 Å². The fraction of sp³-hybridized carbons (Fsp3) is 0.895. The van der Waals surface area contributed by atoms with Crippen molar-refractivity contribution >= 4 is 0 Å². The molecule has 8 atom stereocenters. The van der Waals surface area contributed by atoms with Crippen LogP contribution in [0.3, 0.4) is 0 Å². The summed E-state index contributed by atoms with van der Waals surface area (Å²) in [5.74, 6) is 9.08. The van der Waals surface area contributed by atoms with Gasteiger partial charge in [0.1, 0.15) is 0 Å². The van der Waals surface area contributed by atoms with E-state index in [0.717, 1.165) is 23.7 Å². The fourth-order valence-electron chi connectivity index (χ4n) is 6.73. The van der Waals surface area contributed by atoms with Gasteiger partial charge in [-0.3, -0.25) is 0 Å². The second-order valence-corrected chi connectivity index (χ2v) is 6.93. The van der Waals surface area contributed by atoms with Crippen LogP contribution in [0, 0.1) is 47.3 Å². The van der Waals surface area contributed by atoms with Gasteiger partial charge in [-0.25, -0.2) is 0 Å². The average molecular weight is 260 g/mol. The molecule has 0 N–H and O–H groups in total. The van der Waals surface area contributed by atoms with Crippen molar-refractivity contribution in [1.82, 2.24) is 0 Å². The number of hydrogen-bond acceptors (Lipinski definition) is 0. The Balaban J connectivity index is 0.000000256. The van der Waals surface area contributed by atoms with Crippen LogP contribution < -0.4 is 0 Å². The van der Waals surface area contributed by atoms with Gasteiger partial charge in [0.2, 0.25) is 0 Å². The van der Waals surface area contributed by atoms with Crippen LogP contribution in [-0.4, -0.2) is 0 Å². The summed E-state index contributed by atoms with van der Waals surface area (Å²) >= 11 is 0. The smallest absolute Gasteiger partial charge is 0.0194 e. The Kier molecular flexibility index (Phi) is 3.80. The third-order valence-electron chi connectivity index (χ3n) is 6.84. The van der Waals surface area contributed by atoms with E-state index in [4.69, 9.17) is 0 Å². The highest BCUT2D eigenvalue weighted by molar-refractivity contribution is 5.22. The average Bonchev–Trinajstić information content (AvgIpc) is 3.24. The molecule has 5 rings (SSSR count). The molecule has 8 unspecified atom stereocenters. The number of fused-ring (bicyclic) bond motifs is 12. The van der Waals surface area contributed by atoms with Crippen LogP contribution in [0.1, 0.15) is 59.8 Å². The lowest BCUT2D eigenvalue weighted by Crippen LogP contribution is -2.34. The Morgan fingerprint density at radius 1 is 0.632 bits per heavy atom. The van der Waals surface area contributed by atoms with Gasteiger partial charge in [0.05, 0.1) is 0 Å². The first-order valence-electron chi connectivity index (χ1n) is 9.12. The molecule has 4 saturated carbocycles. The summed E-state index contributed by atoms with van der Waals surface area (Å²) in [6.45, 7) is 8.00. The highest BCUT2D eigenvalue weighted by atomic mass is 14.7. The molecular formula is C19H32. The van der Waals surface area contributed by atoms with Gasteiger partial charge in [-0.15, -0.1) is 0 Å². The molecule has 0 nitrogen and oxygen atoms in total. The first-order valence-corrected chi connectivity index (χ1v) is 9.12. The van der Waals surface area contributed by atoms with Crippen LogP contribution in [0.4, 0.5) is 0 Å². The predicted molar refractivity (Wildman–Crippen MR) is 82.8 cm³/mol. The lowest BCUT2D eigenvalue weighted by atomic mass is 9.66. The zero-order valence-corrected chi connectivity index (χ0v) is 13.3. The van der Waals surface area contributed by atoms with Gasteiger partial charge in [0, 0.05) is 0 Å². The van der Waals surface area contributed by atoms with Crippen LogP contribution in [0.5, 0.6) is 0 Å². The molecule has 0 aromatic heterocycles. The molecule has 4 bridgehead atoms. The van der Waals surface area contributed by atoms with Crippen LogP contribution in [0.25, 0.3) is 0 Å². The van der Waals surface area contributed by atoms with Crippen LogP contribution in [0.2, 0.25) is 0 Å². The highest BCUT2D eigenvalue weighted by Crippen LogP contribution is 2.71. The molecule has 0 aromatic carbocycles. The lowest BCUT2D eigenvalue weighted by Gasteiger charge is -2.39. The van der Waals surface area contributed by atoms with E-state index in [9.17, 15) is 0 Å². The molecule has 4 fully saturated rings. The Morgan fingerprint density at radius 2 is 1.11 bits per heavy atom. The van der Waals surface area contributed by atoms with Gasteiger partial charge in [-0.05, 0) is 73.0 Å². The molecule has 0 amide bonds. The van der Waals surface area contributed by atoms with E-state index < -0.39 is 0 Å². The molecule has 0 heterocycles. The molecule has 0 spiro atoms. The topological polar surface area (TPSA) is 0 Å². The largest absolute Gasteiger partial charge is 0.0848 e. The summed E-state index contributed by atoms with van der Waals surface area (Å²) < 4.78 is 0. The van der Waals surface area contributed by atoms with E-state index in [2.05, 4.69) is 12.2 Å². The number of allylic oxidation sites excluding steroid dienone is 2. The maximum Gasteiger partial charge on any atom is -0.0194 e. The molecule has 0 radical (unpaired) electrons. The standard InChI is InChI=1S/C15H20.2C2H6/c1-2-10-11(3-1)13-7-12(10)14-8-4-5-9(6-8)15(13)14;2*1-2/h4-5,8-15H,1-3,6-7H2;2*1-2H3. The zero-order chi connectivity index (χ0) is 13.6. The summed E-state index contributed by atoms with van der Waals surface area (Å²) in [6.07, 6.45) is 13.1. The molecular weight excluding hydrogens is 228 g/mol.